The fourth-order valence-electron chi connectivity index (χ4n) is 8.19. The van der Waals surface area contributed by atoms with Crippen LogP contribution in [0.25, 0.3) is 86.5 Å². The quantitative estimate of drug-likeness (QED) is 0.177. The molecule has 1 heterocycles. The highest BCUT2D eigenvalue weighted by molar-refractivity contribution is 7.21. The first-order valence-corrected chi connectivity index (χ1v) is 17.5. The van der Waals surface area contributed by atoms with Crippen LogP contribution in [0.5, 0.6) is 0 Å². The van der Waals surface area contributed by atoms with E-state index in [9.17, 15) is 0 Å². The smallest absolute Gasteiger partial charge is 0.124 e. The zero-order valence-corrected chi connectivity index (χ0v) is 27.6. The zero-order valence-electron chi connectivity index (χ0n) is 26.8. The van der Waals surface area contributed by atoms with Gasteiger partial charge in [-0.05, 0) is 101 Å². The Morgan fingerprint density at radius 3 is 1.92 bits per heavy atom. The summed E-state index contributed by atoms with van der Waals surface area (Å²) in [5.41, 5.74) is 12.7. The summed E-state index contributed by atoms with van der Waals surface area (Å²) in [6.07, 6.45) is 0. The average Bonchev–Trinajstić information content (AvgIpc) is 3.66. The molecule has 0 amide bonds. The van der Waals surface area contributed by atoms with Crippen molar-refractivity contribution < 1.29 is 0 Å². The summed E-state index contributed by atoms with van der Waals surface area (Å²) in [7, 11) is 0. The maximum Gasteiger partial charge on any atom is 0.124 e. The summed E-state index contributed by atoms with van der Waals surface area (Å²) in [5.74, 6) is 0. The van der Waals surface area contributed by atoms with E-state index in [1.54, 1.807) is 11.3 Å². The van der Waals surface area contributed by atoms with Crippen LogP contribution < -0.4 is 0 Å². The average molecular weight is 630 g/mol. The van der Waals surface area contributed by atoms with Crippen LogP contribution in [-0.2, 0) is 5.41 Å². The Kier molecular flexibility index (Phi) is 5.86. The predicted molar refractivity (Wildman–Crippen MR) is 206 cm³/mol. The molecule has 48 heavy (non-hydrogen) atoms. The number of para-hydroxylation sites is 1. The van der Waals surface area contributed by atoms with Crippen molar-refractivity contribution in [3.05, 3.63) is 163 Å². The molecule has 0 fully saturated rings. The Bertz CT molecular complexity index is 2710. The SMILES string of the molecule is CC1(C)c2ccccc2-c2cc3c(-c4ccc(-c5nc6ccccc6s5)cc4)c4ccccc4c(-c4cccc5ccccc45)c3cc21. The van der Waals surface area contributed by atoms with Crippen molar-refractivity contribution in [2.75, 3.05) is 0 Å². The van der Waals surface area contributed by atoms with Gasteiger partial charge in [0.15, 0.2) is 0 Å². The van der Waals surface area contributed by atoms with Crippen molar-refractivity contribution in [1.29, 1.82) is 0 Å². The van der Waals surface area contributed by atoms with Crippen LogP contribution in [0.3, 0.4) is 0 Å². The van der Waals surface area contributed by atoms with Crippen LogP contribution in [0, 0.1) is 0 Å². The van der Waals surface area contributed by atoms with Gasteiger partial charge in [-0.1, -0.05) is 141 Å². The van der Waals surface area contributed by atoms with Crippen LogP contribution in [0.2, 0.25) is 0 Å². The van der Waals surface area contributed by atoms with Crippen LogP contribution in [-0.4, -0.2) is 4.98 Å². The first-order chi connectivity index (χ1) is 23.6. The molecule has 1 aliphatic rings. The van der Waals surface area contributed by atoms with E-state index in [2.05, 4.69) is 166 Å². The van der Waals surface area contributed by atoms with Gasteiger partial charge < -0.3 is 0 Å². The van der Waals surface area contributed by atoms with Gasteiger partial charge in [0, 0.05) is 11.0 Å². The highest BCUT2D eigenvalue weighted by Crippen LogP contribution is 2.53. The van der Waals surface area contributed by atoms with Crippen molar-refractivity contribution in [2.24, 2.45) is 0 Å². The summed E-state index contributed by atoms with van der Waals surface area (Å²) in [6, 6.07) is 56.0. The second kappa shape index (κ2) is 10.2. The van der Waals surface area contributed by atoms with E-state index in [0.29, 0.717) is 0 Å². The topological polar surface area (TPSA) is 12.9 Å². The fraction of sp³-hybridized carbons (Fsp3) is 0.0652. The summed E-state index contributed by atoms with van der Waals surface area (Å²) in [6.45, 7) is 4.76. The zero-order chi connectivity index (χ0) is 32.0. The molecule has 1 aromatic heterocycles. The molecule has 0 spiro atoms. The molecule has 9 aromatic rings. The molecule has 0 bridgehead atoms. The van der Waals surface area contributed by atoms with E-state index in [1.165, 1.54) is 81.5 Å². The van der Waals surface area contributed by atoms with E-state index in [1.807, 2.05) is 0 Å². The normalized spacial score (nSPS) is 13.4. The number of hydrogen-bond acceptors (Lipinski definition) is 2. The highest BCUT2D eigenvalue weighted by Gasteiger charge is 2.36. The first kappa shape index (κ1) is 27.5. The third kappa shape index (κ3) is 3.93. The van der Waals surface area contributed by atoms with Gasteiger partial charge in [-0.3, -0.25) is 0 Å². The van der Waals surface area contributed by atoms with Gasteiger partial charge in [0.05, 0.1) is 10.2 Å². The monoisotopic (exact) mass is 629 g/mol. The number of thiazole rings is 1. The Labute approximate surface area is 283 Å². The van der Waals surface area contributed by atoms with Crippen molar-refractivity contribution in [3.63, 3.8) is 0 Å². The van der Waals surface area contributed by atoms with Gasteiger partial charge in [0.1, 0.15) is 5.01 Å². The largest absolute Gasteiger partial charge is 0.236 e. The highest BCUT2D eigenvalue weighted by atomic mass is 32.1. The molecule has 1 nitrogen and oxygen atoms in total. The summed E-state index contributed by atoms with van der Waals surface area (Å²) in [4.78, 5) is 4.95. The van der Waals surface area contributed by atoms with E-state index in [0.717, 1.165) is 16.1 Å². The molecule has 0 N–H and O–H groups in total. The van der Waals surface area contributed by atoms with Crippen LogP contribution in [0.1, 0.15) is 25.0 Å². The molecule has 0 saturated carbocycles. The molecule has 0 aliphatic heterocycles. The predicted octanol–water partition coefficient (Wildman–Crippen LogP) is 13.1. The molecule has 8 aromatic carbocycles. The van der Waals surface area contributed by atoms with Crippen LogP contribution in [0.4, 0.5) is 0 Å². The standard InChI is InChI=1S/C46H31NS/c1-46(2)39-19-8-7-15-32(39)36-26-37-38(27-40(36)46)44(33-18-11-13-28-12-3-4-14-31(28)33)35-17-6-5-16-34(35)43(37)29-22-24-30(25-23-29)45-47-41-20-9-10-21-42(41)48-45/h3-27H,1-2H3. The first-order valence-electron chi connectivity index (χ1n) is 16.6. The number of fused-ring (bicyclic) bond motifs is 7. The molecule has 0 saturated heterocycles. The molecule has 0 atom stereocenters. The van der Waals surface area contributed by atoms with Crippen LogP contribution >= 0.6 is 11.3 Å². The van der Waals surface area contributed by atoms with Crippen molar-refractivity contribution in [1.82, 2.24) is 4.98 Å². The molecular formula is C46H31NS. The van der Waals surface area contributed by atoms with Crippen molar-refractivity contribution in [3.8, 4) is 44.0 Å². The van der Waals surface area contributed by atoms with Gasteiger partial charge in [0.25, 0.3) is 0 Å². The number of rotatable bonds is 3. The van der Waals surface area contributed by atoms with Gasteiger partial charge >= 0.3 is 0 Å². The Morgan fingerprint density at radius 2 is 1.08 bits per heavy atom. The van der Waals surface area contributed by atoms with Gasteiger partial charge in [0.2, 0.25) is 0 Å². The minimum Gasteiger partial charge on any atom is -0.236 e. The molecule has 0 radical (unpaired) electrons. The van der Waals surface area contributed by atoms with E-state index in [4.69, 9.17) is 4.98 Å². The number of nitrogens with zero attached hydrogens (tertiary/aromatic N) is 1. The second-order valence-corrected chi connectivity index (χ2v) is 14.5. The number of benzene rings is 8. The third-order valence-corrected chi connectivity index (χ3v) is 11.6. The third-order valence-electron chi connectivity index (χ3n) is 10.5. The minimum absolute atomic E-state index is 0.0964. The maximum atomic E-state index is 4.95. The fourth-order valence-corrected chi connectivity index (χ4v) is 9.16. The summed E-state index contributed by atoms with van der Waals surface area (Å²) < 4.78 is 1.22. The minimum atomic E-state index is -0.0964. The van der Waals surface area contributed by atoms with E-state index in [-0.39, 0.29) is 5.41 Å². The summed E-state index contributed by atoms with van der Waals surface area (Å²) in [5, 5.41) is 8.73. The lowest BCUT2D eigenvalue weighted by atomic mass is 9.79. The molecule has 226 valence electrons. The molecular weight excluding hydrogens is 599 g/mol. The lowest BCUT2D eigenvalue weighted by molar-refractivity contribution is 0.661. The van der Waals surface area contributed by atoms with Gasteiger partial charge in [-0.15, -0.1) is 11.3 Å². The van der Waals surface area contributed by atoms with Gasteiger partial charge in [-0.2, -0.15) is 0 Å². The van der Waals surface area contributed by atoms with Crippen molar-refractivity contribution >= 4 is 53.9 Å². The van der Waals surface area contributed by atoms with Crippen molar-refractivity contribution in [2.45, 2.75) is 19.3 Å². The second-order valence-electron chi connectivity index (χ2n) is 13.5. The number of aromatic nitrogens is 1. The summed E-state index contributed by atoms with van der Waals surface area (Å²) >= 11 is 1.75. The van der Waals surface area contributed by atoms with E-state index >= 15 is 0 Å². The molecule has 10 rings (SSSR count). The Morgan fingerprint density at radius 1 is 0.458 bits per heavy atom. The molecule has 1 aliphatic carbocycles. The van der Waals surface area contributed by atoms with Crippen LogP contribution in [0.15, 0.2) is 152 Å². The Hall–Kier alpha value is -5.57. The lowest BCUT2D eigenvalue weighted by Crippen LogP contribution is -2.14. The lowest BCUT2D eigenvalue weighted by Gasteiger charge is -2.24. The van der Waals surface area contributed by atoms with E-state index < -0.39 is 0 Å². The molecule has 2 heteroatoms. The number of hydrogen-bond donors (Lipinski definition) is 0. The van der Waals surface area contributed by atoms with Gasteiger partial charge in [-0.25, -0.2) is 4.98 Å². The molecule has 0 unspecified atom stereocenters. The Balaban J connectivity index is 1.30. The maximum absolute atomic E-state index is 4.95.